The highest BCUT2D eigenvalue weighted by Gasteiger charge is 2.58. The topological polar surface area (TPSA) is 66.5 Å². The maximum Gasteiger partial charge on any atom is 0.244 e. The van der Waals surface area contributed by atoms with Gasteiger partial charge in [-0.25, -0.2) is 8.42 Å². The van der Waals surface area contributed by atoms with Crippen molar-refractivity contribution in [2.75, 3.05) is 18.6 Å². The van der Waals surface area contributed by atoms with Gasteiger partial charge in [-0.1, -0.05) is 6.92 Å². The summed E-state index contributed by atoms with van der Waals surface area (Å²) in [4.78, 5) is 13.7. The lowest BCUT2D eigenvalue weighted by atomic mass is 10.3. The molecule has 0 bridgehead atoms. The first kappa shape index (κ1) is 11.9. The molecule has 1 spiro atoms. The van der Waals surface area contributed by atoms with Crippen LogP contribution in [0.3, 0.4) is 0 Å². The van der Waals surface area contributed by atoms with Crippen LogP contribution in [0.5, 0.6) is 0 Å². The smallest absolute Gasteiger partial charge is 0.244 e. The fraction of sp³-hybridized carbons (Fsp3) is 0.900. The molecule has 2 rings (SSSR count). The first-order valence-corrected chi connectivity index (χ1v) is 7.70. The molecule has 1 amide bonds. The fourth-order valence-corrected chi connectivity index (χ4v) is 2.73. The molecule has 1 atom stereocenters. The highest BCUT2D eigenvalue weighted by Crippen LogP contribution is 2.42. The minimum absolute atomic E-state index is 0.0109. The van der Waals surface area contributed by atoms with Crippen molar-refractivity contribution in [3.05, 3.63) is 0 Å². The van der Waals surface area contributed by atoms with Gasteiger partial charge in [0.1, 0.15) is 9.84 Å². The number of carbonyl (C=O) groups is 1. The van der Waals surface area contributed by atoms with Crippen LogP contribution in [0.2, 0.25) is 0 Å². The molecule has 5 nitrogen and oxygen atoms in total. The second kappa shape index (κ2) is 3.70. The summed E-state index contributed by atoms with van der Waals surface area (Å²) in [6.07, 6.45) is 3.80. The molecule has 0 radical (unpaired) electrons. The standard InChI is InChI=1S/C10H18N2O3S/c1-3-8-11-10(4-5-10)9(13)12(8)6-7-16(2,14)15/h8,11H,3-7H2,1-2H3. The van der Waals surface area contributed by atoms with Crippen molar-refractivity contribution in [2.45, 2.75) is 37.9 Å². The molecule has 1 heterocycles. The van der Waals surface area contributed by atoms with Crippen molar-refractivity contribution in [1.82, 2.24) is 10.2 Å². The van der Waals surface area contributed by atoms with Crippen LogP contribution in [0.15, 0.2) is 0 Å². The van der Waals surface area contributed by atoms with Gasteiger partial charge in [0, 0.05) is 12.8 Å². The molecule has 92 valence electrons. The lowest BCUT2D eigenvalue weighted by Crippen LogP contribution is -2.39. The minimum Gasteiger partial charge on any atom is -0.325 e. The van der Waals surface area contributed by atoms with Crippen LogP contribution in [-0.2, 0) is 14.6 Å². The molecule has 1 saturated carbocycles. The summed E-state index contributed by atoms with van der Waals surface area (Å²) in [5.41, 5.74) is -0.335. The zero-order valence-corrected chi connectivity index (χ0v) is 10.5. The summed E-state index contributed by atoms with van der Waals surface area (Å²) in [6, 6.07) is 0. The molecule has 0 aromatic rings. The van der Waals surface area contributed by atoms with Gasteiger partial charge in [0.25, 0.3) is 0 Å². The van der Waals surface area contributed by atoms with Crippen LogP contribution >= 0.6 is 0 Å². The quantitative estimate of drug-likeness (QED) is 0.741. The Bertz CT molecular complexity index is 400. The maximum atomic E-state index is 12.0. The van der Waals surface area contributed by atoms with Gasteiger partial charge in [0.15, 0.2) is 0 Å². The largest absolute Gasteiger partial charge is 0.325 e. The van der Waals surface area contributed by atoms with Gasteiger partial charge in [0.2, 0.25) is 5.91 Å². The third kappa shape index (κ3) is 2.08. The number of carbonyl (C=O) groups excluding carboxylic acids is 1. The van der Waals surface area contributed by atoms with E-state index in [1.165, 1.54) is 6.26 Å². The SMILES string of the molecule is CCC1NC2(CC2)C(=O)N1CCS(C)(=O)=O. The predicted octanol–water partition coefficient (Wildman–Crippen LogP) is -0.268. The summed E-state index contributed by atoms with van der Waals surface area (Å²) in [5, 5.41) is 3.31. The molecule has 2 aliphatic rings. The van der Waals surface area contributed by atoms with E-state index in [9.17, 15) is 13.2 Å². The number of hydrogen-bond donors (Lipinski definition) is 1. The molecular weight excluding hydrogens is 228 g/mol. The Balaban J connectivity index is 2.04. The van der Waals surface area contributed by atoms with Crippen LogP contribution < -0.4 is 5.32 Å². The Morgan fingerprint density at radius 2 is 2.12 bits per heavy atom. The van der Waals surface area contributed by atoms with Gasteiger partial charge in [-0.15, -0.1) is 0 Å². The zero-order chi connectivity index (χ0) is 12.0. The number of sulfone groups is 1. The van der Waals surface area contributed by atoms with Crippen LogP contribution in [-0.4, -0.2) is 49.5 Å². The Morgan fingerprint density at radius 3 is 2.56 bits per heavy atom. The summed E-state index contributed by atoms with van der Waals surface area (Å²) in [6.45, 7) is 2.31. The Kier molecular flexibility index (Phi) is 2.74. The number of hydrogen-bond acceptors (Lipinski definition) is 4. The number of nitrogens with one attached hydrogen (secondary N) is 1. The molecule has 16 heavy (non-hydrogen) atoms. The Hall–Kier alpha value is -0.620. The van der Waals surface area contributed by atoms with Gasteiger partial charge in [-0.2, -0.15) is 0 Å². The van der Waals surface area contributed by atoms with Gasteiger partial charge in [0.05, 0.1) is 17.5 Å². The molecule has 0 aromatic heterocycles. The highest BCUT2D eigenvalue weighted by atomic mass is 32.2. The second-order valence-corrected chi connectivity index (χ2v) is 7.04. The van der Waals surface area contributed by atoms with Gasteiger partial charge in [-0.05, 0) is 19.3 Å². The van der Waals surface area contributed by atoms with E-state index in [1.807, 2.05) is 6.92 Å². The fourth-order valence-electron chi connectivity index (χ4n) is 2.20. The van der Waals surface area contributed by atoms with Crippen molar-refractivity contribution in [3.8, 4) is 0 Å². The lowest BCUT2D eigenvalue weighted by molar-refractivity contribution is -0.130. The number of rotatable bonds is 4. The van der Waals surface area contributed by atoms with Crippen LogP contribution in [0.25, 0.3) is 0 Å². The molecule has 2 fully saturated rings. The summed E-state index contributed by atoms with van der Waals surface area (Å²) in [7, 11) is -3.01. The average Bonchev–Trinajstić information content (AvgIpc) is 2.89. The van der Waals surface area contributed by atoms with E-state index < -0.39 is 9.84 Å². The van der Waals surface area contributed by atoms with Gasteiger partial charge >= 0.3 is 0 Å². The van der Waals surface area contributed by atoms with Crippen LogP contribution in [0.1, 0.15) is 26.2 Å². The van der Waals surface area contributed by atoms with E-state index in [0.717, 1.165) is 19.3 Å². The van der Waals surface area contributed by atoms with E-state index in [1.54, 1.807) is 4.90 Å². The van der Waals surface area contributed by atoms with Gasteiger partial charge in [-0.3, -0.25) is 10.1 Å². The second-order valence-electron chi connectivity index (χ2n) is 4.78. The van der Waals surface area contributed by atoms with Crippen molar-refractivity contribution in [2.24, 2.45) is 0 Å². The molecule has 1 aliphatic carbocycles. The first-order valence-electron chi connectivity index (χ1n) is 5.64. The number of amides is 1. The number of nitrogens with zero attached hydrogens (tertiary/aromatic N) is 1. The molecule has 6 heteroatoms. The molecule has 1 aliphatic heterocycles. The first-order chi connectivity index (χ1) is 7.38. The average molecular weight is 246 g/mol. The molecule has 1 saturated heterocycles. The van der Waals surface area contributed by atoms with E-state index in [-0.39, 0.29) is 23.4 Å². The van der Waals surface area contributed by atoms with Gasteiger partial charge < -0.3 is 4.90 Å². The van der Waals surface area contributed by atoms with Crippen LogP contribution in [0.4, 0.5) is 0 Å². The monoisotopic (exact) mass is 246 g/mol. The Morgan fingerprint density at radius 1 is 1.50 bits per heavy atom. The van der Waals surface area contributed by atoms with Crippen molar-refractivity contribution in [3.63, 3.8) is 0 Å². The van der Waals surface area contributed by atoms with Crippen molar-refractivity contribution in [1.29, 1.82) is 0 Å². The highest BCUT2D eigenvalue weighted by molar-refractivity contribution is 7.90. The lowest BCUT2D eigenvalue weighted by Gasteiger charge is -2.22. The molecule has 1 N–H and O–H groups in total. The van der Waals surface area contributed by atoms with E-state index in [4.69, 9.17) is 0 Å². The predicted molar refractivity (Wildman–Crippen MR) is 60.6 cm³/mol. The van der Waals surface area contributed by atoms with E-state index in [0.29, 0.717) is 6.54 Å². The Labute approximate surface area is 96.1 Å². The van der Waals surface area contributed by atoms with Crippen molar-refractivity contribution >= 4 is 15.7 Å². The minimum atomic E-state index is -3.01. The molecule has 0 aromatic carbocycles. The molecular formula is C10H18N2O3S. The maximum absolute atomic E-state index is 12.0. The third-order valence-electron chi connectivity index (χ3n) is 3.33. The summed E-state index contributed by atoms with van der Waals surface area (Å²) >= 11 is 0. The van der Waals surface area contributed by atoms with E-state index in [2.05, 4.69) is 5.32 Å². The van der Waals surface area contributed by atoms with E-state index >= 15 is 0 Å². The van der Waals surface area contributed by atoms with Crippen LogP contribution in [0, 0.1) is 0 Å². The zero-order valence-electron chi connectivity index (χ0n) is 9.69. The molecule has 1 unspecified atom stereocenters. The summed E-state index contributed by atoms with van der Waals surface area (Å²) in [5.74, 6) is 0.135. The summed E-state index contributed by atoms with van der Waals surface area (Å²) < 4.78 is 22.2. The normalized spacial score (nSPS) is 27.8. The third-order valence-corrected chi connectivity index (χ3v) is 4.25. The van der Waals surface area contributed by atoms with Crippen molar-refractivity contribution < 1.29 is 13.2 Å².